The second-order valence-corrected chi connectivity index (χ2v) is 5.52. The summed E-state index contributed by atoms with van der Waals surface area (Å²) in [6, 6.07) is 6.37. The number of ether oxygens (including phenoxy) is 3. The van der Waals surface area contributed by atoms with Crippen LogP contribution in [0.4, 0.5) is 0 Å². The lowest BCUT2D eigenvalue weighted by Gasteiger charge is -2.34. The lowest BCUT2D eigenvalue weighted by Crippen LogP contribution is -2.38. The van der Waals surface area contributed by atoms with Crippen molar-refractivity contribution in [2.24, 2.45) is 0 Å². The lowest BCUT2D eigenvalue weighted by molar-refractivity contribution is 0.170. The highest BCUT2D eigenvalue weighted by atomic mass is 16.6. The summed E-state index contributed by atoms with van der Waals surface area (Å²) in [4.78, 5) is 0. The molecule has 1 aliphatic rings. The summed E-state index contributed by atoms with van der Waals surface area (Å²) >= 11 is 0. The molecule has 21 heavy (non-hydrogen) atoms. The van der Waals surface area contributed by atoms with Crippen molar-refractivity contribution in [3.8, 4) is 11.5 Å². The Kier molecular flexibility index (Phi) is 5.88. The standard InChI is InChI=1S/C17H27NO3/c1-4-17(5-2,13-18-8-9-19-3)14-6-7-15-16(12-14)21-11-10-20-15/h6-7,12,18H,4-5,8-11,13H2,1-3H3. The van der Waals surface area contributed by atoms with Gasteiger partial charge in [0, 0.05) is 25.6 Å². The first-order valence-corrected chi connectivity index (χ1v) is 7.85. The lowest BCUT2D eigenvalue weighted by atomic mass is 9.75. The first-order chi connectivity index (χ1) is 10.3. The quantitative estimate of drug-likeness (QED) is 0.748. The third kappa shape index (κ3) is 3.69. The Labute approximate surface area is 127 Å². The third-order valence-corrected chi connectivity index (χ3v) is 4.45. The van der Waals surface area contributed by atoms with Crippen molar-refractivity contribution < 1.29 is 14.2 Å². The molecular formula is C17H27NO3. The Balaban J connectivity index is 2.16. The van der Waals surface area contributed by atoms with Gasteiger partial charge in [0.15, 0.2) is 11.5 Å². The van der Waals surface area contributed by atoms with Crippen LogP contribution in [-0.2, 0) is 10.2 Å². The highest BCUT2D eigenvalue weighted by molar-refractivity contribution is 5.46. The Morgan fingerprint density at radius 2 is 1.86 bits per heavy atom. The monoisotopic (exact) mass is 293 g/mol. The van der Waals surface area contributed by atoms with Crippen LogP contribution in [0.2, 0.25) is 0 Å². The van der Waals surface area contributed by atoms with Crippen molar-refractivity contribution >= 4 is 0 Å². The largest absolute Gasteiger partial charge is 0.486 e. The molecule has 1 N–H and O–H groups in total. The van der Waals surface area contributed by atoms with Gasteiger partial charge in [-0.1, -0.05) is 19.9 Å². The number of nitrogens with one attached hydrogen (secondary N) is 1. The molecule has 0 amide bonds. The summed E-state index contributed by atoms with van der Waals surface area (Å²) in [6.45, 7) is 8.33. The summed E-state index contributed by atoms with van der Waals surface area (Å²) in [6.07, 6.45) is 2.17. The van der Waals surface area contributed by atoms with E-state index in [0.29, 0.717) is 13.2 Å². The molecule has 4 nitrogen and oxygen atoms in total. The Morgan fingerprint density at radius 1 is 1.14 bits per heavy atom. The maximum absolute atomic E-state index is 5.73. The van der Waals surface area contributed by atoms with Crippen molar-refractivity contribution in [2.45, 2.75) is 32.1 Å². The highest BCUT2D eigenvalue weighted by Gasteiger charge is 2.29. The number of hydrogen-bond donors (Lipinski definition) is 1. The van der Waals surface area contributed by atoms with Crippen LogP contribution in [0.5, 0.6) is 11.5 Å². The molecule has 1 heterocycles. The van der Waals surface area contributed by atoms with Crippen LogP contribution in [0.25, 0.3) is 0 Å². The minimum absolute atomic E-state index is 0.129. The van der Waals surface area contributed by atoms with E-state index >= 15 is 0 Å². The summed E-state index contributed by atoms with van der Waals surface area (Å²) in [5.74, 6) is 1.74. The number of benzene rings is 1. The Hall–Kier alpha value is -1.26. The number of rotatable bonds is 8. The second kappa shape index (κ2) is 7.66. The van der Waals surface area contributed by atoms with Gasteiger partial charge in [0.1, 0.15) is 13.2 Å². The van der Waals surface area contributed by atoms with Crippen molar-refractivity contribution in [3.63, 3.8) is 0 Å². The summed E-state index contributed by atoms with van der Waals surface area (Å²) in [5.41, 5.74) is 1.45. The van der Waals surface area contributed by atoms with E-state index in [2.05, 4.69) is 31.3 Å². The molecule has 1 aliphatic heterocycles. The van der Waals surface area contributed by atoms with Crippen molar-refractivity contribution in [2.75, 3.05) is 40.0 Å². The number of hydrogen-bond acceptors (Lipinski definition) is 4. The zero-order valence-corrected chi connectivity index (χ0v) is 13.4. The molecule has 0 unspecified atom stereocenters. The van der Waals surface area contributed by atoms with E-state index in [1.807, 2.05) is 6.07 Å². The second-order valence-electron chi connectivity index (χ2n) is 5.52. The molecule has 0 aromatic heterocycles. The molecule has 2 rings (SSSR count). The van der Waals surface area contributed by atoms with Gasteiger partial charge in [-0.15, -0.1) is 0 Å². The summed E-state index contributed by atoms with van der Waals surface area (Å²) < 4.78 is 16.4. The molecule has 0 saturated carbocycles. The number of methoxy groups -OCH3 is 1. The molecule has 4 heteroatoms. The predicted octanol–water partition coefficient (Wildman–Crippen LogP) is 2.75. The molecule has 0 radical (unpaired) electrons. The third-order valence-electron chi connectivity index (χ3n) is 4.45. The van der Waals surface area contributed by atoms with Gasteiger partial charge in [0.05, 0.1) is 6.61 Å². The molecule has 0 saturated heterocycles. The van der Waals surface area contributed by atoms with Crippen molar-refractivity contribution in [1.29, 1.82) is 0 Å². The number of fused-ring (bicyclic) bond motifs is 1. The molecule has 0 bridgehead atoms. The summed E-state index contributed by atoms with van der Waals surface area (Å²) in [5, 5.41) is 3.51. The molecule has 118 valence electrons. The molecule has 0 fully saturated rings. The predicted molar refractivity (Wildman–Crippen MR) is 84.4 cm³/mol. The average Bonchev–Trinajstić information content (AvgIpc) is 2.55. The topological polar surface area (TPSA) is 39.7 Å². The van der Waals surface area contributed by atoms with E-state index in [4.69, 9.17) is 14.2 Å². The van der Waals surface area contributed by atoms with E-state index in [1.165, 1.54) is 5.56 Å². The molecule has 0 spiro atoms. The van der Waals surface area contributed by atoms with E-state index in [1.54, 1.807) is 7.11 Å². The van der Waals surface area contributed by atoms with E-state index in [-0.39, 0.29) is 5.41 Å². The van der Waals surface area contributed by atoms with Gasteiger partial charge < -0.3 is 19.5 Å². The van der Waals surface area contributed by atoms with Gasteiger partial charge in [-0.3, -0.25) is 0 Å². The minimum atomic E-state index is 0.129. The first-order valence-electron chi connectivity index (χ1n) is 7.85. The molecule has 0 atom stereocenters. The van der Waals surface area contributed by atoms with E-state index in [9.17, 15) is 0 Å². The maximum atomic E-state index is 5.73. The molecular weight excluding hydrogens is 266 g/mol. The summed E-state index contributed by atoms with van der Waals surface area (Å²) in [7, 11) is 1.73. The average molecular weight is 293 g/mol. The Morgan fingerprint density at radius 3 is 2.52 bits per heavy atom. The van der Waals surface area contributed by atoms with Gasteiger partial charge in [-0.25, -0.2) is 0 Å². The fourth-order valence-corrected chi connectivity index (χ4v) is 2.89. The van der Waals surface area contributed by atoms with E-state index in [0.717, 1.165) is 44.0 Å². The van der Waals surface area contributed by atoms with Crippen molar-refractivity contribution in [3.05, 3.63) is 23.8 Å². The zero-order valence-electron chi connectivity index (χ0n) is 13.4. The van der Waals surface area contributed by atoms with Crippen LogP contribution in [0.15, 0.2) is 18.2 Å². The van der Waals surface area contributed by atoms with Crippen LogP contribution >= 0.6 is 0 Å². The van der Waals surface area contributed by atoms with Crippen LogP contribution in [-0.4, -0.2) is 40.0 Å². The minimum Gasteiger partial charge on any atom is -0.486 e. The Bertz CT molecular complexity index is 444. The van der Waals surface area contributed by atoms with Gasteiger partial charge >= 0.3 is 0 Å². The van der Waals surface area contributed by atoms with Crippen LogP contribution in [0, 0.1) is 0 Å². The molecule has 0 aliphatic carbocycles. The zero-order chi connectivity index (χ0) is 15.1. The van der Waals surface area contributed by atoms with Crippen LogP contribution in [0.1, 0.15) is 32.3 Å². The highest BCUT2D eigenvalue weighted by Crippen LogP contribution is 2.38. The van der Waals surface area contributed by atoms with Crippen LogP contribution < -0.4 is 14.8 Å². The van der Waals surface area contributed by atoms with Crippen LogP contribution in [0.3, 0.4) is 0 Å². The fourth-order valence-electron chi connectivity index (χ4n) is 2.89. The molecule has 1 aromatic carbocycles. The molecule has 1 aromatic rings. The van der Waals surface area contributed by atoms with Gasteiger partial charge in [0.25, 0.3) is 0 Å². The van der Waals surface area contributed by atoms with Crippen molar-refractivity contribution in [1.82, 2.24) is 5.32 Å². The first kappa shape index (κ1) is 16.1. The SMILES string of the molecule is CCC(CC)(CNCCOC)c1ccc2c(c1)OCCO2. The van der Waals surface area contributed by atoms with Gasteiger partial charge in [-0.05, 0) is 30.5 Å². The fraction of sp³-hybridized carbons (Fsp3) is 0.647. The maximum Gasteiger partial charge on any atom is 0.161 e. The normalized spacial score (nSPS) is 14.2. The smallest absolute Gasteiger partial charge is 0.161 e. The van der Waals surface area contributed by atoms with E-state index < -0.39 is 0 Å². The van der Waals surface area contributed by atoms with Gasteiger partial charge in [0.2, 0.25) is 0 Å². The van der Waals surface area contributed by atoms with Gasteiger partial charge in [-0.2, -0.15) is 0 Å².